The lowest BCUT2D eigenvalue weighted by Crippen LogP contribution is -2.47. The second kappa shape index (κ2) is 4.20. The molecule has 2 heterocycles. The molecular weight excluding hydrogens is 236 g/mol. The molecule has 2 aromatic rings. The Kier molecular flexibility index (Phi) is 2.49. The number of hydrogen-bond donors (Lipinski definition) is 1. The number of pyridine rings is 1. The Morgan fingerprint density at radius 3 is 3.11 bits per heavy atom. The first-order valence-corrected chi connectivity index (χ1v) is 7.06. The number of para-hydroxylation sites is 1. The molecular formula is C16H18N2O. The molecule has 1 aromatic heterocycles. The van der Waals surface area contributed by atoms with E-state index in [4.69, 9.17) is 4.74 Å². The van der Waals surface area contributed by atoms with Gasteiger partial charge < -0.3 is 10.1 Å². The maximum atomic E-state index is 5.68. The van der Waals surface area contributed by atoms with Crippen LogP contribution in [0, 0.1) is 12.8 Å². The van der Waals surface area contributed by atoms with Crippen LogP contribution >= 0.6 is 0 Å². The maximum absolute atomic E-state index is 5.68. The van der Waals surface area contributed by atoms with Crippen molar-refractivity contribution in [2.45, 2.75) is 31.9 Å². The van der Waals surface area contributed by atoms with E-state index < -0.39 is 0 Å². The normalized spacial score (nSPS) is 29.0. The Morgan fingerprint density at radius 2 is 2.21 bits per heavy atom. The van der Waals surface area contributed by atoms with Gasteiger partial charge in [0.15, 0.2) is 0 Å². The van der Waals surface area contributed by atoms with Crippen LogP contribution in [0.2, 0.25) is 0 Å². The van der Waals surface area contributed by atoms with E-state index in [1.54, 1.807) is 0 Å². The molecule has 3 heteroatoms. The first kappa shape index (κ1) is 11.2. The smallest absolute Gasteiger partial charge is 0.0725 e. The van der Waals surface area contributed by atoms with Crippen LogP contribution in [0.4, 0.5) is 5.69 Å². The highest BCUT2D eigenvalue weighted by molar-refractivity contribution is 5.91. The molecule has 3 nitrogen and oxygen atoms in total. The third-order valence-electron chi connectivity index (χ3n) is 4.45. The van der Waals surface area contributed by atoms with Crippen molar-refractivity contribution in [1.82, 2.24) is 4.98 Å². The van der Waals surface area contributed by atoms with Gasteiger partial charge in [0.25, 0.3) is 0 Å². The van der Waals surface area contributed by atoms with Gasteiger partial charge in [0, 0.05) is 35.3 Å². The predicted molar refractivity (Wildman–Crippen MR) is 76.4 cm³/mol. The van der Waals surface area contributed by atoms with Gasteiger partial charge in [-0.15, -0.1) is 0 Å². The van der Waals surface area contributed by atoms with Crippen molar-refractivity contribution in [3.63, 3.8) is 0 Å². The third kappa shape index (κ3) is 1.80. The molecule has 1 aliphatic carbocycles. The maximum Gasteiger partial charge on any atom is 0.0725 e. The molecule has 0 radical (unpaired) electrons. The zero-order valence-electron chi connectivity index (χ0n) is 11.1. The van der Waals surface area contributed by atoms with Gasteiger partial charge in [0.1, 0.15) is 0 Å². The van der Waals surface area contributed by atoms with E-state index in [0.29, 0.717) is 18.1 Å². The molecule has 98 valence electrons. The van der Waals surface area contributed by atoms with Gasteiger partial charge in [-0.2, -0.15) is 0 Å². The van der Waals surface area contributed by atoms with Crippen LogP contribution in [0.5, 0.6) is 0 Å². The average Bonchev–Trinajstić information content (AvgIpc) is 2.77. The Labute approximate surface area is 113 Å². The summed E-state index contributed by atoms with van der Waals surface area (Å²) in [6.45, 7) is 2.99. The fourth-order valence-corrected chi connectivity index (χ4v) is 3.39. The highest BCUT2D eigenvalue weighted by atomic mass is 16.5. The molecule has 0 amide bonds. The summed E-state index contributed by atoms with van der Waals surface area (Å²) in [6.07, 6.45) is 2.84. The lowest BCUT2D eigenvalue weighted by atomic mass is 9.76. The van der Waals surface area contributed by atoms with Crippen LogP contribution in [-0.2, 0) is 4.74 Å². The molecule has 1 saturated heterocycles. The number of nitrogens with one attached hydrogen (secondary N) is 1. The number of anilines is 1. The van der Waals surface area contributed by atoms with Crippen LogP contribution in [0.25, 0.3) is 10.9 Å². The molecule has 1 N–H and O–H groups in total. The Hall–Kier alpha value is -1.61. The Bertz CT molecular complexity index is 625. The minimum absolute atomic E-state index is 0.506. The van der Waals surface area contributed by atoms with Gasteiger partial charge >= 0.3 is 0 Å². The number of hydrogen-bond acceptors (Lipinski definition) is 3. The van der Waals surface area contributed by atoms with E-state index in [-0.39, 0.29) is 0 Å². The summed E-state index contributed by atoms with van der Waals surface area (Å²) < 4.78 is 5.68. The molecule has 3 atom stereocenters. The number of aromatic nitrogens is 1. The van der Waals surface area contributed by atoms with E-state index in [1.807, 2.05) is 6.07 Å². The summed E-state index contributed by atoms with van der Waals surface area (Å²) in [6, 6.07) is 11.1. The van der Waals surface area contributed by atoms with Crippen molar-refractivity contribution in [1.29, 1.82) is 0 Å². The van der Waals surface area contributed by atoms with Crippen LogP contribution in [-0.4, -0.2) is 23.7 Å². The zero-order chi connectivity index (χ0) is 12.8. The van der Waals surface area contributed by atoms with E-state index >= 15 is 0 Å². The minimum atomic E-state index is 0.506. The second-order valence-electron chi connectivity index (χ2n) is 5.68. The number of aryl methyl sites for hydroxylation is 1. The summed E-state index contributed by atoms with van der Waals surface area (Å²) >= 11 is 0. The fraction of sp³-hybridized carbons (Fsp3) is 0.438. The van der Waals surface area contributed by atoms with Gasteiger partial charge in [0.05, 0.1) is 11.6 Å². The van der Waals surface area contributed by atoms with Crippen molar-refractivity contribution in [2.24, 2.45) is 5.92 Å². The molecule has 19 heavy (non-hydrogen) atoms. The lowest BCUT2D eigenvalue weighted by molar-refractivity contribution is 0.0248. The van der Waals surface area contributed by atoms with Gasteiger partial charge in [0.2, 0.25) is 0 Å². The van der Waals surface area contributed by atoms with Gasteiger partial charge in [-0.1, -0.05) is 18.2 Å². The Balaban J connectivity index is 1.67. The highest BCUT2D eigenvalue weighted by Gasteiger charge is 2.45. The summed E-state index contributed by atoms with van der Waals surface area (Å²) in [7, 11) is 0. The molecule has 0 unspecified atom stereocenters. The topological polar surface area (TPSA) is 34.1 Å². The SMILES string of the molecule is Cc1cc(N[C@@H]2C[C@@H]3OCC[C@@H]32)c2ccccc2n1. The summed E-state index contributed by atoms with van der Waals surface area (Å²) in [5.74, 6) is 0.701. The van der Waals surface area contributed by atoms with Gasteiger partial charge in [-0.25, -0.2) is 0 Å². The number of nitrogens with zero attached hydrogens (tertiary/aromatic N) is 1. The molecule has 0 spiro atoms. The highest BCUT2D eigenvalue weighted by Crippen LogP contribution is 2.41. The van der Waals surface area contributed by atoms with Crippen LogP contribution in [0.3, 0.4) is 0 Å². The quantitative estimate of drug-likeness (QED) is 0.894. The van der Waals surface area contributed by atoms with Crippen molar-refractivity contribution < 1.29 is 4.74 Å². The molecule has 1 saturated carbocycles. The standard InChI is InChI=1S/C16H18N2O/c1-10-8-14(11-4-2-3-5-13(11)17-10)18-15-9-16-12(15)6-7-19-16/h2-5,8,12,15-16H,6-7,9H2,1H3,(H,17,18)/t12-,15-,16+/m1/s1. The molecule has 1 aliphatic heterocycles. The number of rotatable bonds is 2. The largest absolute Gasteiger partial charge is 0.381 e. The number of benzene rings is 1. The summed E-state index contributed by atoms with van der Waals surface area (Å²) in [5.41, 5.74) is 3.36. The van der Waals surface area contributed by atoms with Crippen molar-refractivity contribution in [3.8, 4) is 0 Å². The molecule has 0 bridgehead atoms. The molecule has 2 aliphatic rings. The van der Waals surface area contributed by atoms with Gasteiger partial charge in [-0.3, -0.25) is 4.98 Å². The first-order chi connectivity index (χ1) is 9.31. The molecule has 1 aromatic carbocycles. The van der Waals surface area contributed by atoms with E-state index in [2.05, 4.69) is 41.5 Å². The molecule has 4 rings (SSSR count). The number of fused-ring (bicyclic) bond motifs is 2. The van der Waals surface area contributed by atoms with Crippen molar-refractivity contribution >= 4 is 16.6 Å². The second-order valence-corrected chi connectivity index (χ2v) is 5.68. The third-order valence-corrected chi connectivity index (χ3v) is 4.45. The number of ether oxygens (including phenoxy) is 1. The zero-order valence-corrected chi connectivity index (χ0v) is 11.1. The fourth-order valence-electron chi connectivity index (χ4n) is 3.39. The van der Waals surface area contributed by atoms with Crippen LogP contribution in [0.15, 0.2) is 30.3 Å². The lowest BCUT2D eigenvalue weighted by Gasteiger charge is -2.40. The minimum Gasteiger partial charge on any atom is -0.381 e. The monoisotopic (exact) mass is 254 g/mol. The van der Waals surface area contributed by atoms with E-state index in [1.165, 1.54) is 17.5 Å². The first-order valence-electron chi connectivity index (χ1n) is 7.06. The van der Waals surface area contributed by atoms with Crippen molar-refractivity contribution in [3.05, 3.63) is 36.0 Å². The van der Waals surface area contributed by atoms with E-state index in [0.717, 1.165) is 24.2 Å². The van der Waals surface area contributed by atoms with Crippen molar-refractivity contribution in [2.75, 3.05) is 11.9 Å². The van der Waals surface area contributed by atoms with Gasteiger partial charge in [-0.05, 0) is 31.9 Å². The Morgan fingerprint density at radius 1 is 1.32 bits per heavy atom. The predicted octanol–water partition coefficient (Wildman–Crippen LogP) is 3.13. The average molecular weight is 254 g/mol. The molecule has 2 fully saturated rings. The van der Waals surface area contributed by atoms with E-state index in [9.17, 15) is 0 Å². The van der Waals surface area contributed by atoms with Crippen LogP contribution in [0.1, 0.15) is 18.5 Å². The summed E-state index contributed by atoms with van der Waals surface area (Å²) in [5, 5.41) is 4.93. The summed E-state index contributed by atoms with van der Waals surface area (Å²) in [4.78, 5) is 4.59. The van der Waals surface area contributed by atoms with Crippen LogP contribution < -0.4 is 5.32 Å².